The molecule has 0 spiro atoms. The first-order valence-electron chi connectivity index (χ1n) is 10.4. The van der Waals surface area contributed by atoms with E-state index in [0.29, 0.717) is 38.0 Å². The van der Waals surface area contributed by atoms with E-state index in [1.54, 1.807) is 10.9 Å². The average molecular weight is 412 g/mol. The Bertz CT molecular complexity index is 894. The molecule has 2 unspecified atom stereocenters. The van der Waals surface area contributed by atoms with Crippen LogP contribution >= 0.6 is 0 Å². The predicted molar refractivity (Wildman–Crippen MR) is 112 cm³/mol. The fraction of sp³-hybridized carbons (Fsp3) is 0.455. The zero-order valence-electron chi connectivity index (χ0n) is 17.1. The lowest BCUT2D eigenvalue weighted by Gasteiger charge is -2.27. The van der Waals surface area contributed by atoms with Crippen LogP contribution in [-0.4, -0.2) is 39.2 Å². The van der Waals surface area contributed by atoms with Crippen LogP contribution in [0.1, 0.15) is 48.7 Å². The van der Waals surface area contributed by atoms with E-state index in [9.17, 15) is 19.5 Å². The van der Waals surface area contributed by atoms with Gasteiger partial charge in [-0.05, 0) is 31.7 Å². The number of hydrogen-bond acceptors (Lipinski definition) is 4. The van der Waals surface area contributed by atoms with E-state index in [1.165, 1.54) is 0 Å². The number of nitrogens with one attached hydrogen (secondary N) is 2. The molecule has 0 radical (unpaired) electrons. The van der Waals surface area contributed by atoms with E-state index in [-0.39, 0.29) is 17.5 Å². The normalized spacial score (nSPS) is 18.6. The van der Waals surface area contributed by atoms with Gasteiger partial charge in [0, 0.05) is 19.3 Å². The lowest BCUT2D eigenvalue weighted by atomic mass is 9.78. The third kappa shape index (κ3) is 5.25. The van der Waals surface area contributed by atoms with Crippen molar-refractivity contribution in [3.8, 4) is 0 Å². The van der Waals surface area contributed by atoms with Crippen LogP contribution in [0.15, 0.2) is 36.5 Å². The topological polar surface area (TPSA) is 113 Å². The average Bonchev–Trinajstić information content (AvgIpc) is 3.17. The molecule has 1 aliphatic carbocycles. The minimum Gasteiger partial charge on any atom is -0.481 e. The van der Waals surface area contributed by atoms with Crippen LogP contribution in [0.25, 0.3) is 0 Å². The zero-order chi connectivity index (χ0) is 21.5. The molecule has 0 aliphatic heterocycles. The lowest BCUT2D eigenvalue weighted by Crippen LogP contribution is -2.36. The Hall–Kier alpha value is -3.16. The standard InChI is InChI=1S/C22H28N4O4/c1-2-26-14-18(24-20(27)16-10-6-7-11-17(16)22(29)30)19(25-26)21(28)23-13-12-15-8-4-3-5-9-15/h3-5,8-9,14,16-17H,2,6-7,10-13H2,1H3,(H,23,28)(H,24,27)(H,29,30). The number of aliphatic carboxylic acids is 1. The summed E-state index contributed by atoms with van der Waals surface area (Å²) in [5.74, 6) is -2.97. The second-order valence-corrected chi connectivity index (χ2v) is 7.56. The van der Waals surface area contributed by atoms with Gasteiger partial charge in [0.25, 0.3) is 5.91 Å². The Labute approximate surface area is 175 Å². The second kappa shape index (κ2) is 10.0. The lowest BCUT2D eigenvalue weighted by molar-refractivity contribution is -0.147. The minimum absolute atomic E-state index is 0.140. The Kier molecular flexibility index (Phi) is 7.21. The highest BCUT2D eigenvalue weighted by Gasteiger charge is 2.36. The summed E-state index contributed by atoms with van der Waals surface area (Å²) in [6.07, 6.45) is 4.96. The largest absolute Gasteiger partial charge is 0.481 e. The van der Waals surface area contributed by atoms with Crippen molar-refractivity contribution in [3.05, 3.63) is 47.8 Å². The number of carbonyl (C=O) groups is 3. The smallest absolute Gasteiger partial charge is 0.307 e. The first kappa shape index (κ1) is 21.5. The van der Waals surface area contributed by atoms with Gasteiger partial charge in [0.2, 0.25) is 5.91 Å². The number of amides is 2. The fourth-order valence-corrected chi connectivity index (χ4v) is 3.86. The van der Waals surface area contributed by atoms with Crippen molar-refractivity contribution in [2.45, 2.75) is 45.6 Å². The number of aromatic nitrogens is 2. The van der Waals surface area contributed by atoms with E-state index in [4.69, 9.17) is 0 Å². The molecular weight excluding hydrogens is 384 g/mol. The van der Waals surface area contributed by atoms with Crippen LogP contribution in [0.4, 0.5) is 5.69 Å². The molecule has 2 atom stereocenters. The van der Waals surface area contributed by atoms with Crippen molar-refractivity contribution in [3.63, 3.8) is 0 Å². The first-order chi connectivity index (χ1) is 14.5. The Morgan fingerprint density at radius 2 is 1.83 bits per heavy atom. The summed E-state index contributed by atoms with van der Waals surface area (Å²) in [7, 11) is 0. The summed E-state index contributed by atoms with van der Waals surface area (Å²) >= 11 is 0. The number of carboxylic acids is 1. The van der Waals surface area contributed by atoms with Gasteiger partial charge in [-0.15, -0.1) is 0 Å². The molecule has 0 bridgehead atoms. The number of carboxylic acid groups (broad SMARTS) is 1. The van der Waals surface area contributed by atoms with E-state index in [0.717, 1.165) is 18.4 Å². The zero-order valence-corrected chi connectivity index (χ0v) is 17.1. The molecule has 3 rings (SSSR count). The maximum atomic E-state index is 12.8. The van der Waals surface area contributed by atoms with Crippen molar-refractivity contribution >= 4 is 23.5 Å². The van der Waals surface area contributed by atoms with E-state index in [1.807, 2.05) is 37.3 Å². The van der Waals surface area contributed by atoms with Crippen molar-refractivity contribution in [1.82, 2.24) is 15.1 Å². The van der Waals surface area contributed by atoms with Gasteiger partial charge in [0.15, 0.2) is 5.69 Å². The molecule has 1 saturated carbocycles. The van der Waals surface area contributed by atoms with E-state index >= 15 is 0 Å². The van der Waals surface area contributed by atoms with Gasteiger partial charge in [0.05, 0.1) is 17.5 Å². The number of benzene rings is 1. The van der Waals surface area contributed by atoms with Crippen LogP contribution in [0.2, 0.25) is 0 Å². The maximum Gasteiger partial charge on any atom is 0.307 e. The molecule has 3 N–H and O–H groups in total. The number of anilines is 1. The third-order valence-electron chi connectivity index (χ3n) is 5.52. The Balaban J connectivity index is 1.67. The molecule has 1 heterocycles. The molecule has 8 nitrogen and oxygen atoms in total. The molecule has 2 amide bonds. The van der Waals surface area contributed by atoms with E-state index in [2.05, 4.69) is 15.7 Å². The van der Waals surface area contributed by atoms with Gasteiger partial charge in [-0.25, -0.2) is 0 Å². The number of carbonyl (C=O) groups excluding carboxylic acids is 2. The van der Waals surface area contributed by atoms with Gasteiger partial charge in [-0.1, -0.05) is 43.2 Å². The van der Waals surface area contributed by atoms with E-state index < -0.39 is 17.8 Å². The molecule has 1 aromatic carbocycles. The summed E-state index contributed by atoms with van der Waals surface area (Å²) in [6.45, 7) is 2.87. The Morgan fingerprint density at radius 1 is 1.13 bits per heavy atom. The van der Waals surface area contributed by atoms with Crippen molar-refractivity contribution in [2.24, 2.45) is 11.8 Å². The van der Waals surface area contributed by atoms with Gasteiger partial charge in [0.1, 0.15) is 0 Å². The van der Waals surface area contributed by atoms with Gasteiger partial charge in [-0.2, -0.15) is 5.10 Å². The second-order valence-electron chi connectivity index (χ2n) is 7.56. The summed E-state index contributed by atoms with van der Waals surface area (Å²) < 4.78 is 1.58. The molecule has 8 heteroatoms. The van der Waals surface area contributed by atoms with Crippen LogP contribution in [-0.2, 0) is 22.6 Å². The molecule has 30 heavy (non-hydrogen) atoms. The summed E-state index contributed by atoms with van der Waals surface area (Å²) in [5, 5.41) is 19.3. The summed E-state index contributed by atoms with van der Waals surface area (Å²) in [5.41, 5.74) is 1.57. The highest BCUT2D eigenvalue weighted by Crippen LogP contribution is 2.31. The molecule has 0 saturated heterocycles. The van der Waals surface area contributed by atoms with Crippen LogP contribution in [0.5, 0.6) is 0 Å². The number of rotatable bonds is 8. The monoisotopic (exact) mass is 412 g/mol. The Morgan fingerprint density at radius 3 is 2.50 bits per heavy atom. The van der Waals surface area contributed by atoms with Crippen molar-refractivity contribution in [1.29, 1.82) is 0 Å². The quantitative estimate of drug-likeness (QED) is 0.617. The van der Waals surface area contributed by atoms with Crippen LogP contribution < -0.4 is 10.6 Å². The number of aryl methyl sites for hydroxylation is 1. The van der Waals surface area contributed by atoms with Gasteiger partial charge < -0.3 is 15.7 Å². The third-order valence-corrected chi connectivity index (χ3v) is 5.52. The molecule has 2 aromatic rings. The number of nitrogens with zero attached hydrogens (tertiary/aromatic N) is 2. The summed E-state index contributed by atoms with van der Waals surface area (Å²) in [4.78, 5) is 37.0. The molecule has 1 aromatic heterocycles. The molecular formula is C22H28N4O4. The van der Waals surface area contributed by atoms with Crippen molar-refractivity contribution < 1.29 is 19.5 Å². The summed E-state index contributed by atoms with van der Waals surface area (Å²) in [6, 6.07) is 9.82. The van der Waals surface area contributed by atoms with Gasteiger partial charge >= 0.3 is 5.97 Å². The number of hydrogen-bond donors (Lipinski definition) is 3. The van der Waals surface area contributed by atoms with Crippen molar-refractivity contribution in [2.75, 3.05) is 11.9 Å². The SMILES string of the molecule is CCn1cc(NC(=O)C2CCCCC2C(=O)O)c(C(=O)NCCc2ccccc2)n1. The fourth-order valence-electron chi connectivity index (χ4n) is 3.86. The molecule has 1 fully saturated rings. The van der Waals surface area contributed by atoms with Gasteiger partial charge in [-0.3, -0.25) is 19.1 Å². The highest BCUT2D eigenvalue weighted by molar-refractivity contribution is 6.03. The minimum atomic E-state index is -0.946. The first-order valence-corrected chi connectivity index (χ1v) is 10.4. The highest BCUT2D eigenvalue weighted by atomic mass is 16.4. The van der Waals surface area contributed by atoms with Crippen LogP contribution in [0, 0.1) is 11.8 Å². The molecule has 1 aliphatic rings. The predicted octanol–water partition coefficient (Wildman–Crippen LogP) is 2.71. The van der Waals surface area contributed by atoms with Crippen LogP contribution in [0.3, 0.4) is 0 Å². The molecule has 160 valence electrons. The maximum absolute atomic E-state index is 12.8.